The van der Waals surface area contributed by atoms with E-state index in [9.17, 15) is 21.6 Å². The lowest BCUT2D eigenvalue weighted by Gasteiger charge is -2.18. The van der Waals surface area contributed by atoms with E-state index in [1.165, 1.54) is 13.0 Å². The number of hydrogen-bond acceptors (Lipinski definition) is 2. The minimum Gasteiger partial charge on any atom is -0.208 e. The van der Waals surface area contributed by atoms with Gasteiger partial charge in [-0.2, -0.15) is 13.2 Å². The van der Waals surface area contributed by atoms with Crippen LogP contribution in [-0.4, -0.2) is 19.8 Å². The monoisotopic (exact) mass is 387 g/mol. The molecule has 1 aromatic carbocycles. The maximum Gasteiger partial charge on any atom is 0.416 e. The Bertz CT molecular complexity index is 588. The molecule has 0 aliphatic rings. The third kappa shape index (κ3) is 4.69. The molecule has 0 bridgehead atoms. The summed E-state index contributed by atoms with van der Waals surface area (Å²) < 4.78 is 65.6. The summed E-state index contributed by atoms with van der Waals surface area (Å²) in [6, 6.07) is 2.86. The molecule has 0 radical (unpaired) electrons. The van der Waals surface area contributed by atoms with Gasteiger partial charge >= 0.3 is 6.18 Å². The second kappa shape index (κ2) is 7.11. The van der Waals surface area contributed by atoms with Gasteiger partial charge in [-0.05, 0) is 37.5 Å². The molecule has 0 saturated carbocycles. The molecular weight excluding hydrogens is 371 g/mol. The number of nitrogens with one attached hydrogen (secondary N) is 1. The quantitative estimate of drug-likeness (QED) is 0.753. The van der Waals surface area contributed by atoms with Gasteiger partial charge in [0.25, 0.3) is 0 Å². The molecule has 1 rings (SSSR count). The molecule has 0 aliphatic heterocycles. The van der Waals surface area contributed by atoms with Crippen LogP contribution in [0.2, 0.25) is 0 Å². The van der Waals surface area contributed by atoms with Gasteiger partial charge in [-0.25, -0.2) is 13.1 Å². The molecule has 1 aromatic rings. The smallest absolute Gasteiger partial charge is 0.208 e. The van der Waals surface area contributed by atoms with E-state index in [1.54, 1.807) is 0 Å². The average molecular weight is 388 g/mol. The summed E-state index contributed by atoms with van der Waals surface area (Å²) in [4.78, 5) is -0.328. The van der Waals surface area contributed by atoms with Crippen LogP contribution in [0.5, 0.6) is 0 Å². The molecule has 0 spiro atoms. The van der Waals surface area contributed by atoms with Crippen molar-refractivity contribution in [2.24, 2.45) is 0 Å². The molecule has 3 nitrogen and oxygen atoms in total. The van der Waals surface area contributed by atoms with Gasteiger partial charge in [0.2, 0.25) is 10.0 Å². The highest BCUT2D eigenvalue weighted by atomic mass is 79.9. The van der Waals surface area contributed by atoms with E-state index >= 15 is 0 Å². The standard InChI is InChI=1S/C13H17BrF3NO2S/c1-3-10(7-8-14)18-21(19,20)12-6-4-5-11(9(12)2)13(15,16)17/h4-6,10,18H,3,7-8H2,1-2H3. The van der Waals surface area contributed by atoms with E-state index in [0.29, 0.717) is 18.2 Å². The van der Waals surface area contributed by atoms with Gasteiger partial charge in [-0.15, -0.1) is 0 Å². The van der Waals surface area contributed by atoms with Crippen LogP contribution in [0.3, 0.4) is 0 Å². The zero-order valence-electron chi connectivity index (χ0n) is 11.7. The first-order valence-electron chi connectivity index (χ1n) is 6.38. The molecule has 0 saturated heterocycles. The zero-order chi connectivity index (χ0) is 16.3. The minimum absolute atomic E-state index is 0.286. The van der Waals surface area contributed by atoms with Crippen LogP contribution >= 0.6 is 15.9 Å². The van der Waals surface area contributed by atoms with E-state index in [2.05, 4.69) is 20.7 Å². The molecule has 0 fully saturated rings. The van der Waals surface area contributed by atoms with Crippen LogP contribution < -0.4 is 4.72 Å². The van der Waals surface area contributed by atoms with E-state index in [0.717, 1.165) is 12.1 Å². The number of hydrogen-bond donors (Lipinski definition) is 1. The third-order valence-corrected chi connectivity index (χ3v) is 5.27. The Morgan fingerprint density at radius 1 is 1.33 bits per heavy atom. The zero-order valence-corrected chi connectivity index (χ0v) is 14.1. The lowest BCUT2D eigenvalue weighted by Crippen LogP contribution is -2.35. The molecule has 0 heterocycles. The summed E-state index contributed by atoms with van der Waals surface area (Å²) in [6.07, 6.45) is -3.45. The highest BCUT2D eigenvalue weighted by Crippen LogP contribution is 2.34. The van der Waals surface area contributed by atoms with Gasteiger partial charge in [0.1, 0.15) is 0 Å². The summed E-state index contributed by atoms with van der Waals surface area (Å²) in [6.45, 7) is 2.98. The molecule has 1 atom stereocenters. The van der Waals surface area contributed by atoms with Crippen molar-refractivity contribution in [3.05, 3.63) is 29.3 Å². The average Bonchev–Trinajstić information content (AvgIpc) is 2.36. The number of benzene rings is 1. The third-order valence-electron chi connectivity index (χ3n) is 3.15. The summed E-state index contributed by atoms with van der Waals surface area (Å²) in [5.74, 6) is 0. The first kappa shape index (κ1) is 18.4. The molecule has 21 heavy (non-hydrogen) atoms. The van der Waals surface area contributed by atoms with Gasteiger partial charge in [0.15, 0.2) is 0 Å². The molecule has 0 aromatic heterocycles. The predicted octanol–water partition coefficient (Wildman–Crippen LogP) is 3.86. The Morgan fingerprint density at radius 2 is 1.95 bits per heavy atom. The molecule has 8 heteroatoms. The molecule has 1 unspecified atom stereocenters. The Labute approximate surface area is 131 Å². The summed E-state index contributed by atoms with van der Waals surface area (Å²) in [5, 5.41) is 0.607. The molecule has 0 aliphatic carbocycles. The number of alkyl halides is 4. The summed E-state index contributed by atoms with van der Waals surface area (Å²) in [5.41, 5.74) is -1.22. The second-order valence-electron chi connectivity index (χ2n) is 4.63. The highest BCUT2D eigenvalue weighted by molar-refractivity contribution is 9.09. The van der Waals surface area contributed by atoms with Crippen LogP contribution in [0.1, 0.15) is 30.9 Å². The lowest BCUT2D eigenvalue weighted by molar-refractivity contribution is -0.138. The maximum absolute atomic E-state index is 12.8. The van der Waals surface area contributed by atoms with Crippen LogP contribution in [-0.2, 0) is 16.2 Å². The topological polar surface area (TPSA) is 46.2 Å². The van der Waals surface area contributed by atoms with Crippen molar-refractivity contribution in [1.29, 1.82) is 0 Å². The normalized spacial score (nSPS) is 14.2. The second-order valence-corrected chi connectivity index (χ2v) is 7.11. The van der Waals surface area contributed by atoms with Crippen molar-refractivity contribution in [1.82, 2.24) is 4.72 Å². The van der Waals surface area contributed by atoms with E-state index in [1.807, 2.05) is 6.92 Å². The molecule has 1 N–H and O–H groups in total. The fourth-order valence-corrected chi connectivity index (χ4v) is 4.15. The van der Waals surface area contributed by atoms with Crippen LogP contribution in [0.15, 0.2) is 23.1 Å². The van der Waals surface area contributed by atoms with Crippen molar-refractivity contribution < 1.29 is 21.6 Å². The van der Waals surface area contributed by atoms with Gasteiger partial charge < -0.3 is 0 Å². The van der Waals surface area contributed by atoms with Crippen molar-refractivity contribution in [2.45, 2.75) is 43.8 Å². The van der Waals surface area contributed by atoms with Gasteiger partial charge in [-0.1, -0.05) is 28.9 Å². The van der Waals surface area contributed by atoms with Crippen LogP contribution in [0, 0.1) is 6.92 Å². The molecule has 120 valence electrons. The van der Waals surface area contributed by atoms with E-state index in [4.69, 9.17) is 0 Å². The summed E-state index contributed by atoms with van der Waals surface area (Å²) >= 11 is 3.22. The van der Waals surface area contributed by atoms with Gasteiger partial charge in [-0.3, -0.25) is 0 Å². The van der Waals surface area contributed by atoms with Crippen molar-refractivity contribution in [3.8, 4) is 0 Å². The summed E-state index contributed by atoms with van der Waals surface area (Å²) in [7, 11) is -3.98. The van der Waals surface area contributed by atoms with Crippen molar-refractivity contribution in [3.63, 3.8) is 0 Å². The first-order chi connectivity index (χ1) is 9.63. The van der Waals surface area contributed by atoms with Crippen LogP contribution in [0.4, 0.5) is 13.2 Å². The Balaban J connectivity index is 3.21. The fraction of sp³-hybridized carbons (Fsp3) is 0.538. The fourth-order valence-electron chi connectivity index (χ4n) is 1.97. The number of halogens is 4. The largest absolute Gasteiger partial charge is 0.416 e. The predicted molar refractivity (Wildman–Crippen MR) is 79.0 cm³/mol. The first-order valence-corrected chi connectivity index (χ1v) is 8.99. The van der Waals surface area contributed by atoms with E-state index in [-0.39, 0.29) is 16.5 Å². The van der Waals surface area contributed by atoms with Crippen molar-refractivity contribution >= 4 is 26.0 Å². The van der Waals surface area contributed by atoms with Crippen molar-refractivity contribution in [2.75, 3.05) is 5.33 Å². The molecule has 0 amide bonds. The van der Waals surface area contributed by atoms with Gasteiger partial charge in [0.05, 0.1) is 10.5 Å². The number of sulfonamides is 1. The molecular formula is C13H17BrF3NO2S. The lowest BCUT2D eigenvalue weighted by atomic mass is 10.1. The Morgan fingerprint density at radius 3 is 2.43 bits per heavy atom. The number of rotatable bonds is 6. The van der Waals surface area contributed by atoms with E-state index < -0.39 is 21.8 Å². The van der Waals surface area contributed by atoms with Crippen LogP contribution in [0.25, 0.3) is 0 Å². The Hall–Kier alpha value is -0.600. The Kier molecular flexibility index (Phi) is 6.24. The highest BCUT2D eigenvalue weighted by Gasteiger charge is 2.34. The maximum atomic E-state index is 12.8. The van der Waals surface area contributed by atoms with Gasteiger partial charge in [0, 0.05) is 11.4 Å². The minimum atomic E-state index is -4.57. The SMILES string of the molecule is CCC(CCBr)NS(=O)(=O)c1cccc(C(F)(F)F)c1C.